The van der Waals surface area contributed by atoms with E-state index in [-0.39, 0.29) is 11.5 Å². The molecule has 2 aromatic rings. The molecular formula is C15H22N2. The highest BCUT2D eigenvalue weighted by atomic mass is 14.9. The Morgan fingerprint density at radius 3 is 2.53 bits per heavy atom. The second kappa shape index (κ2) is 4.19. The molecule has 0 saturated carbocycles. The van der Waals surface area contributed by atoms with Crippen LogP contribution in [0.4, 0.5) is 0 Å². The van der Waals surface area contributed by atoms with Crippen LogP contribution >= 0.6 is 0 Å². The van der Waals surface area contributed by atoms with Crippen molar-refractivity contribution in [2.45, 2.75) is 33.2 Å². The molecule has 92 valence electrons. The van der Waals surface area contributed by atoms with Crippen LogP contribution in [-0.2, 0) is 7.05 Å². The number of hydrogen-bond acceptors (Lipinski definition) is 1. The number of para-hydroxylation sites is 1. The SMILES string of the molecule is Cn1cc(C(N)CC(C)(C)C)c2ccccc21. The third-order valence-corrected chi connectivity index (χ3v) is 3.16. The summed E-state index contributed by atoms with van der Waals surface area (Å²) in [4.78, 5) is 0. The maximum atomic E-state index is 6.35. The predicted octanol–water partition coefficient (Wildman–Crippen LogP) is 3.61. The second-order valence-corrected chi connectivity index (χ2v) is 6.08. The molecule has 0 saturated heterocycles. The molecule has 2 N–H and O–H groups in total. The van der Waals surface area contributed by atoms with Crippen LogP contribution in [0.5, 0.6) is 0 Å². The van der Waals surface area contributed by atoms with Crippen LogP contribution in [0.25, 0.3) is 10.9 Å². The Balaban J connectivity index is 2.42. The fourth-order valence-corrected chi connectivity index (χ4v) is 2.44. The summed E-state index contributed by atoms with van der Waals surface area (Å²) in [5, 5.41) is 1.28. The Morgan fingerprint density at radius 1 is 1.24 bits per heavy atom. The van der Waals surface area contributed by atoms with Gasteiger partial charge in [-0.05, 0) is 23.5 Å². The normalized spacial score (nSPS) is 14.2. The first-order chi connectivity index (χ1) is 7.88. The van der Waals surface area contributed by atoms with Gasteiger partial charge in [0.1, 0.15) is 0 Å². The van der Waals surface area contributed by atoms with Gasteiger partial charge in [-0.3, -0.25) is 0 Å². The fourth-order valence-electron chi connectivity index (χ4n) is 2.44. The minimum Gasteiger partial charge on any atom is -0.350 e. The van der Waals surface area contributed by atoms with Crippen LogP contribution in [0.3, 0.4) is 0 Å². The van der Waals surface area contributed by atoms with Crippen molar-refractivity contribution in [3.8, 4) is 0 Å². The first kappa shape index (κ1) is 12.2. The number of nitrogens with zero attached hydrogens (tertiary/aromatic N) is 1. The monoisotopic (exact) mass is 230 g/mol. The average Bonchev–Trinajstić information content (AvgIpc) is 2.55. The second-order valence-electron chi connectivity index (χ2n) is 6.08. The standard InChI is InChI=1S/C15H22N2/c1-15(2,3)9-13(16)12-10-17(4)14-8-6-5-7-11(12)14/h5-8,10,13H,9,16H2,1-4H3. The van der Waals surface area contributed by atoms with Gasteiger partial charge in [-0.25, -0.2) is 0 Å². The lowest BCUT2D eigenvalue weighted by atomic mass is 9.86. The number of rotatable bonds is 2. The molecule has 0 aliphatic rings. The number of nitrogens with two attached hydrogens (primary N) is 1. The molecular weight excluding hydrogens is 208 g/mol. The fraction of sp³-hybridized carbons (Fsp3) is 0.467. The molecule has 17 heavy (non-hydrogen) atoms. The number of hydrogen-bond donors (Lipinski definition) is 1. The largest absolute Gasteiger partial charge is 0.350 e. The van der Waals surface area contributed by atoms with Crippen molar-refractivity contribution < 1.29 is 0 Å². The average molecular weight is 230 g/mol. The number of aromatic nitrogens is 1. The van der Waals surface area contributed by atoms with Crippen molar-refractivity contribution in [2.24, 2.45) is 18.2 Å². The van der Waals surface area contributed by atoms with E-state index in [9.17, 15) is 0 Å². The zero-order chi connectivity index (χ0) is 12.6. The van der Waals surface area contributed by atoms with Crippen LogP contribution in [0, 0.1) is 5.41 Å². The predicted molar refractivity (Wildman–Crippen MR) is 73.9 cm³/mol. The van der Waals surface area contributed by atoms with Crippen LogP contribution in [0.2, 0.25) is 0 Å². The van der Waals surface area contributed by atoms with Gasteiger partial charge < -0.3 is 10.3 Å². The van der Waals surface area contributed by atoms with E-state index >= 15 is 0 Å². The van der Waals surface area contributed by atoms with E-state index in [1.165, 1.54) is 16.5 Å². The molecule has 1 unspecified atom stereocenters. The molecule has 2 rings (SSSR count). The van der Waals surface area contributed by atoms with Gasteiger partial charge in [0, 0.05) is 30.2 Å². The van der Waals surface area contributed by atoms with Gasteiger partial charge in [-0.15, -0.1) is 0 Å². The van der Waals surface area contributed by atoms with E-state index in [2.05, 4.69) is 62.8 Å². The van der Waals surface area contributed by atoms with Crippen molar-refractivity contribution in [3.05, 3.63) is 36.0 Å². The number of aryl methyl sites for hydroxylation is 1. The topological polar surface area (TPSA) is 30.9 Å². The first-order valence-electron chi connectivity index (χ1n) is 6.18. The molecule has 0 radical (unpaired) electrons. The maximum absolute atomic E-state index is 6.35. The quantitative estimate of drug-likeness (QED) is 0.839. The molecule has 0 spiro atoms. The van der Waals surface area contributed by atoms with Gasteiger partial charge in [0.05, 0.1) is 0 Å². The molecule has 0 fully saturated rings. The molecule has 1 aromatic carbocycles. The third-order valence-electron chi connectivity index (χ3n) is 3.16. The Bertz CT molecular complexity index is 517. The molecule has 2 heteroatoms. The highest BCUT2D eigenvalue weighted by molar-refractivity contribution is 5.84. The third kappa shape index (κ3) is 2.52. The smallest absolute Gasteiger partial charge is 0.0481 e. The van der Waals surface area contributed by atoms with E-state index in [1.54, 1.807) is 0 Å². The summed E-state index contributed by atoms with van der Waals surface area (Å²) in [5.74, 6) is 0. The Labute approximate surface area is 103 Å². The number of fused-ring (bicyclic) bond motifs is 1. The Kier molecular flexibility index (Phi) is 3.00. The lowest BCUT2D eigenvalue weighted by molar-refractivity contribution is 0.343. The molecule has 1 atom stereocenters. The van der Waals surface area contributed by atoms with Crippen molar-refractivity contribution in [3.63, 3.8) is 0 Å². The van der Waals surface area contributed by atoms with Gasteiger partial charge in [-0.1, -0.05) is 39.0 Å². The van der Waals surface area contributed by atoms with Crippen LogP contribution in [0.1, 0.15) is 38.8 Å². The summed E-state index contributed by atoms with van der Waals surface area (Å²) >= 11 is 0. The van der Waals surface area contributed by atoms with Gasteiger partial charge in [0.15, 0.2) is 0 Å². The zero-order valence-electron chi connectivity index (χ0n) is 11.2. The van der Waals surface area contributed by atoms with Crippen LogP contribution < -0.4 is 5.73 Å². The van der Waals surface area contributed by atoms with Crippen molar-refractivity contribution >= 4 is 10.9 Å². The Morgan fingerprint density at radius 2 is 1.88 bits per heavy atom. The summed E-state index contributed by atoms with van der Waals surface area (Å²) in [6.45, 7) is 6.70. The summed E-state index contributed by atoms with van der Waals surface area (Å²) in [5.41, 5.74) is 9.13. The molecule has 1 aromatic heterocycles. The number of benzene rings is 1. The zero-order valence-corrected chi connectivity index (χ0v) is 11.2. The lowest BCUT2D eigenvalue weighted by Crippen LogP contribution is -2.18. The van der Waals surface area contributed by atoms with Crippen molar-refractivity contribution in [2.75, 3.05) is 0 Å². The van der Waals surface area contributed by atoms with Gasteiger partial charge >= 0.3 is 0 Å². The minimum absolute atomic E-state index is 0.112. The summed E-state index contributed by atoms with van der Waals surface area (Å²) in [6, 6.07) is 8.56. The van der Waals surface area contributed by atoms with E-state index in [1.807, 2.05) is 0 Å². The van der Waals surface area contributed by atoms with Gasteiger partial charge in [-0.2, -0.15) is 0 Å². The minimum atomic E-state index is 0.112. The molecule has 2 nitrogen and oxygen atoms in total. The van der Waals surface area contributed by atoms with E-state index < -0.39 is 0 Å². The summed E-state index contributed by atoms with van der Waals surface area (Å²) in [7, 11) is 2.08. The van der Waals surface area contributed by atoms with Crippen LogP contribution in [0.15, 0.2) is 30.5 Å². The van der Waals surface area contributed by atoms with Gasteiger partial charge in [0.25, 0.3) is 0 Å². The van der Waals surface area contributed by atoms with E-state index in [0.29, 0.717) is 0 Å². The molecule has 0 amide bonds. The summed E-state index contributed by atoms with van der Waals surface area (Å²) in [6.07, 6.45) is 3.17. The molecule has 0 bridgehead atoms. The Hall–Kier alpha value is -1.28. The van der Waals surface area contributed by atoms with E-state index in [0.717, 1.165) is 6.42 Å². The molecule has 0 aliphatic carbocycles. The van der Waals surface area contributed by atoms with Crippen molar-refractivity contribution in [1.29, 1.82) is 0 Å². The lowest BCUT2D eigenvalue weighted by Gasteiger charge is -2.22. The van der Waals surface area contributed by atoms with E-state index in [4.69, 9.17) is 5.73 Å². The van der Waals surface area contributed by atoms with Crippen molar-refractivity contribution in [1.82, 2.24) is 4.57 Å². The molecule has 1 heterocycles. The summed E-state index contributed by atoms with van der Waals surface area (Å²) < 4.78 is 2.16. The first-order valence-corrected chi connectivity index (χ1v) is 6.18. The molecule has 0 aliphatic heterocycles. The highest BCUT2D eigenvalue weighted by Crippen LogP contribution is 2.32. The van der Waals surface area contributed by atoms with Crippen LogP contribution in [-0.4, -0.2) is 4.57 Å². The van der Waals surface area contributed by atoms with Gasteiger partial charge in [0.2, 0.25) is 0 Å². The maximum Gasteiger partial charge on any atom is 0.0481 e. The highest BCUT2D eigenvalue weighted by Gasteiger charge is 2.19.